The number of nitrogens with one attached hydrogen (secondary N) is 1. The Hall–Kier alpha value is -0.800. The van der Waals surface area contributed by atoms with Crippen molar-refractivity contribution in [2.45, 2.75) is 58.7 Å². The third-order valence-electron chi connectivity index (χ3n) is 3.35. The second kappa shape index (κ2) is 5.68. The van der Waals surface area contributed by atoms with Crippen molar-refractivity contribution in [2.75, 3.05) is 11.4 Å². The van der Waals surface area contributed by atoms with Gasteiger partial charge in [-0.05, 0) is 52.2 Å². The maximum Gasteiger partial charge on any atom is 0.129 e. The van der Waals surface area contributed by atoms with E-state index in [0.717, 1.165) is 29.5 Å². The quantitative estimate of drug-likeness (QED) is 0.894. The molecule has 106 valence electrons. The highest BCUT2D eigenvalue weighted by molar-refractivity contribution is 6.31. The summed E-state index contributed by atoms with van der Waals surface area (Å²) in [6.07, 6.45) is 4.35. The molecule has 2 rings (SSSR count). The van der Waals surface area contributed by atoms with Crippen molar-refractivity contribution in [1.82, 2.24) is 10.3 Å². The van der Waals surface area contributed by atoms with Gasteiger partial charge >= 0.3 is 0 Å². The monoisotopic (exact) mass is 281 g/mol. The van der Waals surface area contributed by atoms with Gasteiger partial charge in [0.25, 0.3) is 0 Å². The van der Waals surface area contributed by atoms with Crippen molar-refractivity contribution < 1.29 is 0 Å². The van der Waals surface area contributed by atoms with Gasteiger partial charge in [0.2, 0.25) is 0 Å². The van der Waals surface area contributed by atoms with Crippen molar-refractivity contribution >= 4 is 17.4 Å². The number of hydrogen-bond acceptors (Lipinski definition) is 3. The van der Waals surface area contributed by atoms with Crippen LogP contribution >= 0.6 is 11.6 Å². The highest BCUT2D eigenvalue weighted by Crippen LogP contribution is 2.31. The summed E-state index contributed by atoms with van der Waals surface area (Å²) in [5, 5.41) is 4.22. The topological polar surface area (TPSA) is 28.2 Å². The molecule has 0 unspecified atom stereocenters. The summed E-state index contributed by atoms with van der Waals surface area (Å²) in [7, 11) is 0. The largest absolute Gasteiger partial charge is 0.354 e. The van der Waals surface area contributed by atoms with Crippen molar-refractivity contribution in [3.05, 3.63) is 22.8 Å². The van der Waals surface area contributed by atoms with E-state index >= 15 is 0 Å². The van der Waals surface area contributed by atoms with Crippen LogP contribution in [-0.2, 0) is 6.54 Å². The van der Waals surface area contributed by atoms with E-state index in [2.05, 4.69) is 49.0 Å². The average Bonchev–Trinajstić information content (AvgIpc) is 3.14. The normalized spacial score (nSPS) is 15.6. The van der Waals surface area contributed by atoms with Gasteiger partial charge in [0.15, 0.2) is 0 Å². The van der Waals surface area contributed by atoms with Crippen LogP contribution in [0.1, 0.15) is 46.1 Å². The third kappa shape index (κ3) is 4.08. The van der Waals surface area contributed by atoms with Crippen LogP contribution in [0.5, 0.6) is 0 Å². The zero-order valence-electron chi connectivity index (χ0n) is 12.3. The van der Waals surface area contributed by atoms with Crippen LogP contribution in [-0.4, -0.2) is 23.1 Å². The van der Waals surface area contributed by atoms with E-state index in [1.165, 1.54) is 12.8 Å². The molecule has 1 aliphatic carbocycles. The Morgan fingerprint density at radius 1 is 1.42 bits per heavy atom. The van der Waals surface area contributed by atoms with Gasteiger partial charge in [-0.15, -0.1) is 0 Å². The molecular formula is C15H24ClN3. The van der Waals surface area contributed by atoms with Crippen LogP contribution in [0.25, 0.3) is 0 Å². The number of aromatic nitrogens is 1. The Morgan fingerprint density at radius 3 is 2.63 bits per heavy atom. The van der Waals surface area contributed by atoms with E-state index in [0.29, 0.717) is 6.04 Å². The van der Waals surface area contributed by atoms with Gasteiger partial charge in [-0.25, -0.2) is 4.98 Å². The van der Waals surface area contributed by atoms with Crippen molar-refractivity contribution in [3.63, 3.8) is 0 Å². The highest BCUT2D eigenvalue weighted by Gasteiger charge is 2.29. The molecule has 0 bridgehead atoms. The lowest BCUT2D eigenvalue weighted by atomic mass is 10.1. The molecule has 1 saturated carbocycles. The summed E-state index contributed by atoms with van der Waals surface area (Å²) in [6, 6.07) is 2.81. The summed E-state index contributed by atoms with van der Waals surface area (Å²) < 4.78 is 0. The van der Waals surface area contributed by atoms with E-state index in [1.54, 1.807) is 6.20 Å². The molecule has 1 N–H and O–H groups in total. The van der Waals surface area contributed by atoms with Crippen LogP contribution < -0.4 is 10.2 Å². The van der Waals surface area contributed by atoms with Gasteiger partial charge in [0, 0.05) is 30.9 Å². The van der Waals surface area contributed by atoms with E-state index in [-0.39, 0.29) is 5.54 Å². The fourth-order valence-corrected chi connectivity index (χ4v) is 2.28. The second-order valence-corrected chi connectivity index (χ2v) is 6.66. The number of halogens is 1. The zero-order chi connectivity index (χ0) is 14.0. The number of rotatable bonds is 5. The Kier molecular flexibility index (Phi) is 4.36. The Bertz CT molecular complexity index is 436. The fourth-order valence-electron chi connectivity index (χ4n) is 2.11. The molecule has 0 saturated heterocycles. The van der Waals surface area contributed by atoms with E-state index in [4.69, 9.17) is 11.6 Å². The second-order valence-electron chi connectivity index (χ2n) is 6.25. The lowest BCUT2D eigenvalue weighted by Crippen LogP contribution is -2.35. The summed E-state index contributed by atoms with van der Waals surface area (Å²) in [6.45, 7) is 10.4. The molecule has 0 aliphatic heterocycles. The van der Waals surface area contributed by atoms with Gasteiger partial charge in [0.1, 0.15) is 5.82 Å². The Labute approximate surface area is 121 Å². The van der Waals surface area contributed by atoms with Crippen molar-refractivity contribution in [2.24, 2.45) is 0 Å². The maximum atomic E-state index is 6.25. The van der Waals surface area contributed by atoms with Crippen LogP contribution in [0.4, 0.5) is 5.82 Å². The summed E-state index contributed by atoms with van der Waals surface area (Å²) in [4.78, 5) is 6.85. The van der Waals surface area contributed by atoms with Crippen LogP contribution in [0.2, 0.25) is 5.02 Å². The van der Waals surface area contributed by atoms with Crippen molar-refractivity contribution in [1.29, 1.82) is 0 Å². The van der Waals surface area contributed by atoms with Crippen LogP contribution in [0.15, 0.2) is 12.3 Å². The molecule has 4 heteroatoms. The first-order valence-electron chi connectivity index (χ1n) is 7.07. The molecule has 0 atom stereocenters. The number of anilines is 1. The van der Waals surface area contributed by atoms with Gasteiger partial charge in [-0.1, -0.05) is 11.6 Å². The van der Waals surface area contributed by atoms with E-state index < -0.39 is 0 Å². The van der Waals surface area contributed by atoms with Gasteiger partial charge in [0.05, 0.1) is 5.02 Å². The van der Waals surface area contributed by atoms with Crippen LogP contribution in [0.3, 0.4) is 0 Å². The minimum atomic E-state index is 0.0910. The predicted molar refractivity (Wildman–Crippen MR) is 81.9 cm³/mol. The van der Waals surface area contributed by atoms with Gasteiger partial charge in [-0.2, -0.15) is 0 Å². The van der Waals surface area contributed by atoms with Crippen LogP contribution in [0, 0.1) is 0 Å². The molecule has 1 fully saturated rings. The number of hydrogen-bond donors (Lipinski definition) is 1. The number of nitrogens with zero attached hydrogens (tertiary/aromatic N) is 2. The summed E-state index contributed by atoms with van der Waals surface area (Å²) in [5.74, 6) is 1.06. The molecule has 0 spiro atoms. The molecule has 1 aliphatic rings. The lowest BCUT2D eigenvalue weighted by molar-refractivity contribution is 0.424. The zero-order valence-corrected chi connectivity index (χ0v) is 13.1. The molecule has 0 aromatic carbocycles. The number of pyridine rings is 1. The van der Waals surface area contributed by atoms with Crippen molar-refractivity contribution in [3.8, 4) is 0 Å². The Balaban J connectivity index is 2.14. The lowest BCUT2D eigenvalue weighted by Gasteiger charge is -2.24. The predicted octanol–water partition coefficient (Wildman–Crippen LogP) is 3.61. The standard InChI is InChI=1S/C15H24ClN3/c1-5-19(12-6-7-12)14-8-11(13(16)10-17-14)9-18-15(2,3)4/h8,10,12,18H,5-7,9H2,1-4H3. The first kappa shape index (κ1) is 14.6. The Morgan fingerprint density at radius 2 is 2.11 bits per heavy atom. The molecule has 1 aromatic heterocycles. The molecule has 0 radical (unpaired) electrons. The first-order valence-corrected chi connectivity index (χ1v) is 7.44. The minimum absolute atomic E-state index is 0.0910. The SMILES string of the molecule is CCN(c1cc(CNC(C)(C)C)c(Cl)cn1)C1CC1. The average molecular weight is 282 g/mol. The smallest absolute Gasteiger partial charge is 0.129 e. The summed E-state index contributed by atoms with van der Waals surface area (Å²) in [5.41, 5.74) is 1.22. The maximum absolute atomic E-state index is 6.25. The minimum Gasteiger partial charge on any atom is -0.354 e. The molecule has 1 heterocycles. The fraction of sp³-hybridized carbons (Fsp3) is 0.667. The van der Waals surface area contributed by atoms with E-state index in [1.807, 2.05) is 0 Å². The van der Waals surface area contributed by atoms with Gasteiger partial charge < -0.3 is 10.2 Å². The molecular weight excluding hydrogens is 258 g/mol. The molecule has 0 amide bonds. The highest BCUT2D eigenvalue weighted by atomic mass is 35.5. The molecule has 1 aromatic rings. The summed E-state index contributed by atoms with van der Waals surface area (Å²) >= 11 is 6.25. The third-order valence-corrected chi connectivity index (χ3v) is 3.69. The first-order chi connectivity index (χ1) is 8.90. The molecule has 3 nitrogen and oxygen atoms in total. The molecule has 19 heavy (non-hydrogen) atoms. The van der Waals surface area contributed by atoms with Gasteiger partial charge in [-0.3, -0.25) is 0 Å². The van der Waals surface area contributed by atoms with E-state index in [9.17, 15) is 0 Å².